The first-order valence-corrected chi connectivity index (χ1v) is 12.2. The number of hydrogen-bond acceptors (Lipinski definition) is 6. The number of aliphatic imine (C=N–C) groups is 1. The first kappa shape index (κ1) is 26.5. The minimum absolute atomic E-state index is 0.135. The molecule has 2 amide bonds. The highest BCUT2D eigenvalue weighted by Crippen LogP contribution is 2.20. The van der Waals surface area contributed by atoms with Gasteiger partial charge in [0.15, 0.2) is 0 Å². The first-order chi connectivity index (χ1) is 16.8. The normalized spacial score (nSPS) is 13.9. The number of esters is 1. The highest BCUT2D eigenvalue weighted by atomic mass is 35.5. The Kier molecular flexibility index (Phi) is 9.93. The largest absolute Gasteiger partial charge is 0.464 e. The molecule has 0 saturated heterocycles. The summed E-state index contributed by atoms with van der Waals surface area (Å²) in [5, 5.41) is 9.28. The van der Waals surface area contributed by atoms with Crippen LogP contribution in [0.1, 0.15) is 42.1 Å². The fraction of sp³-hybridized carbons (Fsp3) is 0.360. The predicted octanol–water partition coefficient (Wildman–Crippen LogP) is 4.01. The number of nitrogens with zero attached hydrogens (tertiary/aromatic N) is 1. The number of nitrogens with one attached hydrogen (secondary N) is 3. The van der Waals surface area contributed by atoms with Crippen LogP contribution in [0, 0.1) is 0 Å². The number of rotatable bonds is 9. The molecule has 1 aliphatic rings. The Morgan fingerprint density at radius 3 is 2.54 bits per heavy atom. The zero-order chi connectivity index (χ0) is 25.2. The van der Waals surface area contributed by atoms with Gasteiger partial charge in [-0.2, -0.15) is 0 Å². The van der Waals surface area contributed by atoms with Crippen LogP contribution < -0.4 is 16.0 Å². The van der Waals surface area contributed by atoms with Crippen LogP contribution in [0.4, 0.5) is 5.69 Å². The maximum absolute atomic E-state index is 12.6. The lowest BCUT2D eigenvalue weighted by atomic mass is 10.1. The van der Waals surface area contributed by atoms with Gasteiger partial charge in [-0.25, -0.2) is 4.79 Å². The van der Waals surface area contributed by atoms with E-state index in [0.717, 1.165) is 37.3 Å². The van der Waals surface area contributed by atoms with Gasteiger partial charge in [0.25, 0.3) is 5.91 Å². The Hall–Kier alpha value is -3.10. The summed E-state index contributed by atoms with van der Waals surface area (Å²) in [6, 6.07) is 10.9. The predicted molar refractivity (Wildman–Crippen MR) is 137 cm³/mol. The molecule has 1 unspecified atom stereocenters. The molecule has 0 fully saturated rings. The van der Waals surface area contributed by atoms with E-state index in [9.17, 15) is 14.4 Å². The van der Waals surface area contributed by atoms with E-state index in [1.165, 1.54) is 0 Å². The van der Waals surface area contributed by atoms with E-state index in [2.05, 4.69) is 20.9 Å². The Morgan fingerprint density at radius 2 is 1.86 bits per heavy atom. The number of carbonyl (C=O) groups is 3. The van der Waals surface area contributed by atoms with Crippen LogP contribution in [0.2, 0.25) is 10.0 Å². The van der Waals surface area contributed by atoms with Crippen LogP contribution in [-0.2, 0) is 20.7 Å². The van der Waals surface area contributed by atoms with Crippen molar-refractivity contribution in [1.82, 2.24) is 10.6 Å². The number of amides is 2. The number of amidine groups is 1. The van der Waals surface area contributed by atoms with Crippen molar-refractivity contribution in [1.29, 1.82) is 0 Å². The molecule has 0 bridgehead atoms. The summed E-state index contributed by atoms with van der Waals surface area (Å²) in [6.45, 7) is 2.33. The highest BCUT2D eigenvalue weighted by molar-refractivity contribution is 6.34. The van der Waals surface area contributed by atoms with Crippen molar-refractivity contribution in [2.45, 2.75) is 38.6 Å². The Balaban J connectivity index is 1.58. The van der Waals surface area contributed by atoms with Gasteiger partial charge in [-0.05, 0) is 61.7 Å². The van der Waals surface area contributed by atoms with Crippen molar-refractivity contribution in [3.8, 4) is 0 Å². The van der Waals surface area contributed by atoms with Crippen molar-refractivity contribution in [3.63, 3.8) is 0 Å². The minimum Gasteiger partial charge on any atom is -0.464 e. The lowest BCUT2D eigenvalue weighted by molar-refractivity contribution is -0.147. The fourth-order valence-electron chi connectivity index (χ4n) is 3.61. The van der Waals surface area contributed by atoms with Crippen LogP contribution in [-0.4, -0.2) is 49.4 Å². The van der Waals surface area contributed by atoms with E-state index in [4.69, 9.17) is 27.9 Å². The summed E-state index contributed by atoms with van der Waals surface area (Å²) >= 11 is 12.1. The molecule has 1 atom stereocenters. The lowest BCUT2D eigenvalue weighted by Crippen LogP contribution is -2.47. The molecule has 3 N–H and O–H groups in total. The van der Waals surface area contributed by atoms with Gasteiger partial charge in [0.05, 0.1) is 13.2 Å². The molecule has 0 spiro atoms. The molecule has 8 nitrogen and oxygen atoms in total. The molecule has 35 heavy (non-hydrogen) atoms. The monoisotopic (exact) mass is 518 g/mol. The van der Waals surface area contributed by atoms with Gasteiger partial charge in [0.1, 0.15) is 11.9 Å². The van der Waals surface area contributed by atoms with E-state index in [1.807, 2.05) is 6.07 Å². The minimum atomic E-state index is -0.960. The maximum Gasteiger partial charge on any atom is 0.328 e. The Morgan fingerprint density at radius 1 is 1.09 bits per heavy atom. The molecule has 186 valence electrons. The zero-order valence-corrected chi connectivity index (χ0v) is 20.9. The molecule has 1 aliphatic heterocycles. The van der Waals surface area contributed by atoms with Gasteiger partial charge >= 0.3 is 5.97 Å². The van der Waals surface area contributed by atoms with Gasteiger partial charge in [-0.3, -0.25) is 14.6 Å². The fourth-order valence-corrected chi connectivity index (χ4v) is 4.18. The summed E-state index contributed by atoms with van der Waals surface area (Å²) in [5.74, 6) is -0.633. The van der Waals surface area contributed by atoms with Crippen molar-refractivity contribution in [2.24, 2.45) is 4.99 Å². The standard InChI is InChI=1S/C25H28Cl2N4O4/c1-2-35-25(34)21(12-16-10-18(26)14-19(27)11-16)31-23(32)15-29-24(33)17-6-5-7-20(13-17)30-22-8-3-4-9-28-22/h5-7,10-11,13-14,21H,2-4,8-9,12,15H2,1H3,(H,28,30)(H,29,33)(H,31,32). The van der Waals surface area contributed by atoms with Crippen LogP contribution in [0.15, 0.2) is 47.5 Å². The summed E-state index contributed by atoms with van der Waals surface area (Å²) in [4.78, 5) is 42.0. The third kappa shape index (κ3) is 8.56. The SMILES string of the molecule is CCOC(=O)C(Cc1cc(Cl)cc(Cl)c1)NC(=O)CNC(=O)c1cccc(NC2=NCCCC2)c1. The molecule has 0 aromatic heterocycles. The van der Waals surface area contributed by atoms with Gasteiger partial charge in [-0.15, -0.1) is 0 Å². The van der Waals surface area contributed by atoms with Crippen LogP contribution >= 0.6 is 23.2 Å². The molecular weight excluding hydrogens is 491 g/mol. The lowest BCUT2D eigenvalue weighted by Gasteiger charge is -2.18. The molecule has 2 aromatic rings. The Labute approximate surface area is 214 Å². The number of hydrogen-bond donors (Lipinski definition) is 3. The number of anilines is 1. The molecular formula is C25H28Cl2N4O4. The maximum atomic E-state index is 12.6. The summed E-state index contributed by atoms with van der Waals surface area (Å²) < 4.78 is 5.08. The number of benzene rings is 2. The second-order valence-electron chi connectivity index (χ2n) is 8.03. The van der Waals surface area contributed by atoms with Gasteiger partial charge in [-0.1, -0.05) is 29.3 Å². The van der Waals surface area contributed by atoms with Gasteiger partial charge < -0.3 is 20.7 Å². The second kappa shape index (κ2) is 13.1. The summed E-state index contributed by atoms with van der Waals surface area (Å²) in [6.07, 6.45) is 3.17. The molecule has 0 aliphatic carbocycles. The van der Waals surface area contributed by atoms with Crippen LogP contribution in [0.25, 0.3) is 0 Å². The average Bonchev–Trinajstić information content (AvgIpc) is 2.82. The van der Waals surface area contributed by atoms with Crippen molar-refractivity contribution in [3.05, 3.63) is 63.6 Å². The third-order valence-corrected chi connectivity index (χ3v) is 5.65. The number of ether oxygens (including phenoxy) is 1. The smallest absolute Gasteiger partial charge is 0.328 e. The van der Waals surface area contributed by atoms with Gasteiger partial charge in [0, 0.05) is 40.7 Å². The van der Waals surface area contributed by atoms with Crippen molar-refractivity contribution in [2.75, 3.05) is 25.0 Å². The van der Waals surface area contributed by atoms with Crippen molar-refractivity contribution < 1.29 is 19.1 Å². The van der Waals surface area contributed by atoms with E-state index in [0.29, 0.717) is 21.2 Å². The molecule has 10 heteroatoms. The number of halogens is 2. The molecule has 1 heterocycles. The molecule has 0 saturated carbocycles. The Bertz CT molecular complexity index is 1090. The molecule has 0 radical (unpaired) electrons. The average molecular weight is 519 g/mol. The van der Waals surface area contributed by atoms with E-state index >= 15 is 0 Å². The topological polar surface area (TPSA) is 109 Å². The highest BCUT2D eigenvalue weighted by Gasteiger charge is 2.23. The molecule has 2 aromatic carbocycles. The second-order valence-corrected chi connectivity index (χ2v) is 8.90. The summed E-state index contributed by atoms with van der Waals surface area (Å²) in [7, 11) is 0. The van der Waals surface area contributed by atoms with E-state index in [-0.39, 0.29) is 19.6 Å². The van der Waals surface area contributed by atoms with Crippen LogP contribution in [0.3, 0.4) is 0 Å². The number of carbonyl (C=O) groups excluding carboxylic acids is 3. The van der Waals surface area contributed by atoms with Crippen LogP contribution in [0.5, 0.6) is 0 Å². The summed E-state index contributed by atoms with van der Waals surface area (Å²) in [5.41, 5.74) is 1.82. The quantitative estimate of drug-likeness (QED) is 0.434. The first-order valence-electron chi connectivity index (χ1n) is 11.4. The van der Waals surface area contributed by atoms with Gasteiger partial charge in [0.2, 0.25) is 5.91 Å². The third-order valence-electron chi connectivity index (χ3n) is 5.22. The van der Waals surface area contributed by atoms with E-state index in [1.54, 1.807) is 43.3 Å². The zero-order valence-electron chi connectivity index (χ0n) is 19.4. The molecule has 3 rings (SSSR count). The van der Waals surface area contributed by atoms with Crippen molar-refractivity contribution >= 4 is 52.5 Å². The van der Waals surface area contributed by atoms with E-state index < -0.39 is 23.8 Å².